The molecule has 3 rings (SSSR count). The Hall–Kier alpha value is -1.94. The summed E-state index contributed by atoms with van der Waals surface area (Å²) in [7, 11) is 0. The van der Waals surface area contributed by atoms with E-state index in [-0.39, 0.29) is 6.10 Å². The fraction of sp³-hybridized carbons (Fsp3) is 0.474. The van der Waals surface area contributed by atoms with E-state index >= 15 is 0 Å². The van der Waals surface area contributed by atoms with Crippen LogP contribution in [0.25, 0.3) is 0 Å². The Morgan fingerprint density at radius 2 is 1.78 bits per heavy atom. The molecule has 1 atom stereocenters. The average Bonchev–Trinajstić information content (AvgIpc) is 2.63. The highest BCUT2D eigenvalue weighted by Gasteiger charge is 2.25. The highest BCUT2D eigenvalue weighted by atomic mass is 16.5. The molecule has 1 aliphatic rings. The van der Waals surface area contributed by atoms with Crippen LogP contribution in [-0.4, -0.2) is 34.1 Å². The van der Waals surface area contributed by atoms with Gasteiger partial charge < -0.3 is 4.74 Å². The maximum atomic E-state index is 5.94. The van der Waals surface area contributed by atoms with Crippen LogP contribution in [0.3, 0.4) is 0 Å². The minimum atomic E-state index is 0.224. The molecule has 1 unspecified atom stereocenters. The smallest absolute Gasteiger partial charge is 0.316 e. The highest BCUT2D eigenvalue weighted by molar-refractivity contribution is 5.18. The lowest BCUT2D eigenvalue weighted by Crippen LogP contribution is -2.39. The van der Waals surface area contributed by atoms with E-state index in [1.165, 1.54) is 5.56 Å². The molecule has 122 valence electrons. The molecule has 1 fully saturated rings. The molecule has 0 saturated carbocycles. The van der Waals surface area contributed by atoms with Crippen LogP contribution in [-0.2, 0) is 6.42 Å². The van der Waals surface area contributed by atoms with Crippen molar-refractivity contribution < 1.29 is 4.74 Å². The lowest BCUT2D eigenvalue weighted by Gasteiger charge is -2.35. The van der Waals surface area contributed by atoms with Gasteiger partial charge >= 0.3 is 6.01 Å². The molecule has 1 aromatic heterocycles. The van der Waals surface area contributed by atoms with Crippen molar-refractivity contribution in [3.63, 3.8) is 0 Å². The molecule has 0 N–H and O–H groups in total. The predicted molar refractivity (Wildman–Crippen MR) is 91.5 cm³/mol. The molecule has 0 spiro atoms. The van der Waals surface area contributed by atoms with Crippen LogP contribution >= 0.6 is 0 Å². The molecule has 0 amide bonds. The Bertz CT molecular complexity index is 592. The first-order chi connectivity index (χ1) is 11.3. The monoisotopic (exact) mass is 311 g/mol. The van der Waals surface area contributed by atoms with Crippen molar-refractivity contribution in [3.05, 3.63) is 53.9 Å². The van der Waals surface area contributed by atoms with Crippen LogP contribution in [0.1, 0.15) is 43.9 Å². The molecule has 0 aliphatic carbocycles. The zero-order valence-corrected chi connectivity index (χ0v) is 14.0. The molecule has 23 heavy (non-hydrogen) atoms. The summed E-state index contributed by atoms with van der Waals surface area (Å²) in [6, 6.07) is 11.7. The molecule has 0 radical (unpaired) electrons. The van der Waals surface area contributed by atoms with Gasteiger partial charge in [0.25, 0.3) is 0 Å². The van der Waals surface area contributed by atoms with Gasteiger partial charge in [-0.05, 0) is 37.3 Å². The molecule has 1 aromatic carbocycles. The molecular formula is C19H25N3O. The Labute approximate surface area is 138 Å². The first kappa shape index (κ1) is 15.9. The summed E-state index contributed by atoms with van der Waals surface area (Å²) in [6.45, 7) is 6.48. The number of aryl methyl sites for hydroxylation is 1. The second kappa shape index (κ2) is 7.55. The summed E-state index contributed by atoms with van der Waals surface area (Å²) in [5.41, 5.74) is 2.52. The van der Waals surface area contributed by atoms with Gasteiger partial charge in [0, 0.05) is 31.5 Å². The standard InChI is InChI=1S/C19H25N3O/c1-3-16-13-20-19(21-14-16)23-18-9-11-22(12-10-18)15(2)17-7-5-4-6-8-17/h4-8,13-15,18H,3,9-12H2,1-2H3. The van der Waals surface area contributed by atoms with Gasteiger partial charge in [0.15, 0.2) is 0 Å². The maximum absolute atomic E-state index is 5.94. The van der Waals surface area contributed by atoms with E-state index in [9.17, 15) is 0 Å². The number of hydrogen-bond donors (Lipinski definition) is 0. The number of benzene rings is 1. The third kappa shape index (κ3) is 4.08. The lowest BCUT2D eigenvalue weighted by atomic mass is 10.0. The van der Waals surface area contributed by atoms with Gasteiger partial charge in [0.1, 0.15) is 6.10 Å². The minimum absolute atomic E-state index is 0.224. The van der Waals surface area contributed by atoms with E-state index in [0.29, 0.717) is 12.1 Å². The molecule has 0 bridgehead atoms. The fourth-order valence-corrected chi connectivity index (χ4v) is 3.06. The van der Waals surface area contributed by atoms with Crippen molar-refractivity contribution in [2.45, 2.75) is 45.3 Å². The molecule has 1 aliphatic heterocycles. The van der Waals surface area contributed by atoms with E-state index in [1.54, 1.807) is 0 Å². The lowest BCUT2D eigenvalue weighted by molar-refractivity contribution is 0.0735. The van der Waals surface area contributed by atoms with E-state index < -0.39 is 0 Å². The van der Waals surface area contributed by atoms with Gasteiger partial charge in [0.2, 0.25) is 0 Å². The number of piperidine rings is 1. The SMILES string of the molecule is CCc1cnc(OC2CCN(C(C)c3ccccc3)CC2)nc1. The van der Waals surface area contributed by atoms with Crippen LogP contribution in [0.2, 0.25) is 0 Å². The molecule has 4 heteroatoms. The first-order valence-electron chi connectivity index (χ1n) is 8.53. The second-order valence-electron chi connectivity index (χ2n) is 6.17. The normalized spacial score (nSPS) is 17.8. The van der Waals surface area contributed by atoms with E-state index in [2.05, 4.69) is 59.0 Å². The Kier molecular flexibility index (Phi) is 5.23. The summed E-state index contributed by atoms with van der Waals surface area (Å²) in [5, 5.41) is 0. The molecule has 1 saturated heterocycles. The van der Waals surface area contributed by atoms with Crippen molar-refractivity contribution >= 4 is 0 Å². The second-order valence-corrected chi connectivity index (χ2v) is 6.17. The third-order valence-corrected chi connectivity index (χ3v) is 4.67. The van der Waals surface area contributed by atoms with E-state index in [0.717, 1.165) is 37.9 Å². The zero-order valence-electron chi connectivity index (χ0n) is 14.0. The quantitative estimate of drug-likeness (QED) is 0.845. The number of nitrogens with zero attached hydrogens (tertiary/aromatic N) is 3. The summed E-state index contributed by atoms with van der Waals surface area (Å²) in [5.74, 6) is 0. The largest absolute Gasteiger partial charge is 0.460 e. The van der Waals surface area contributed by atoms with Crippen LogP contribution in [0, 0.1) is 0 Å². The first-order valence-corrected chi connectivity index (χ1v) is 8.53. The number of likely N-dealkylation sites (tertiary alicyclic amines) is 1. The van der Waals surface area contributed by atoms with Gasteiger partial charge in [-0.1, -0.05) is 37.3 Å². The summed E-state index contributed by atoms with van der Waals surface area (Å²) >= 11 is 0. The van der Waals surface area contributed by atoms with Gasteiger partial charge in [-0.3, -0.25) is 4.90 Å². The van der Waals surface area contributed by atoms with Crippen LogP contribution in [0.5, 0.6) is 6.01 Å². The topological polar surface area (TPSA) is 38.2 Å². The maximum Gasteiger partial charge on any atom is 0.316 e. The van der Waals surface area contributed by atoms with Crippen molar-refractivity contribution in [1.29, 1.82) is 0 Å². The van der Waals surface area contributed by atoms with E-state index in [1.807, 2.05) is 12.4 Å². The van der Waals surface area contributed by atoms with E-state index in [4.69, 9.17) is 4.74 Å². The number of aromatic nitrogens is 2. The molecule has 4 nitrogen and oxygen atoms in total. The fourth-order valence-electron chi connectivity index (χ4n) is 3.06. The number of ether oxygens (including phenoxy) is 1. The number of rotatable bonds is 5. The van der Waals surface area contributed by atoms with Crippen LogP contribution in [0.4, 0.5) is 0 Å². The number of hydrogen-bond acceptors (Lipinski definition) is 4. The predicted octanol–water partition coefficient (Wildman–Crippen LogP) is 3.64. The van der Waals surface area contributed by atoms with Crippen molar-refractivity contribution in [2.75, 3.05) is 13.1 Å². The third-order valence-electron chi connectivity index (χ3n) is 4.67. The van der Waals surface area contributed by atoms with Crippen molar-refractivity contribution in [3.8, 4) is 6.01 Å². The van der Waals surface area contributed by atoms with Crippen molar-refractivity contribution in [2.24, 2.45) is 0 Å². The van der Waals surface area contributed by atoms with Gasteiger partial charge in [-0.2, -0.15) is 0 Å². The van der Waals surface area contributed by atoms with Crippen LogP contribution in [0.15, 0.2) is 42.7 Å². The Morgan fingerprint density at radius 1 is 1.13 bits per heavy atom. The minimum Gasteiger partial charge on any atom is -0.460 e. The highest BCUT2D eigenvalue weighted by Crippen LogP contribution is 2.25. The summed E-state index contributed by atoms with van der Waals surface area (Å²) < 4.78 is 5.94. The Morgan fingerprint density at radius 3 is 2.39 bits per heavy atom. The molecular weight excluding hydrogens is 286 g/mol. The van der Waals surface area contributed by atoms with Gasteiger partial charge in [-0.15, -0.1) is 0 Å². The van der Waals surface area contributed by atoms with Crippen molar-refractivity contribution in [1.82, 2.24) is 14.9 Å². The summed E-state index contributed by atoms with van der Waals surface area (Å²) in [4.78, 5) is 11.1. The molecule has 2 heterocycles. The van der Waals surface area contributed by atoms with Crippen LogP contribution < -0.4 is 4.74 Å². The average molecular weight is 311 g/mol. The Balaban J connectivity index is 1.51. The summed E-state index contributed by atoms with van der Waals surface area (Å²) in [6.07, 6.45) is 6.94. The van der Waals surface area contributed by atoms with Gasteiger partial charge in [0.05, 0.1) is 0 Å². The van der Waals surface area contributed by atoms with Gasteiger partial charge in [-0.25, -0.2) is 9.97 Å². The molecule has 2 aromatic rings. The zero-order chi connectivity index (χ0) is 16.1.